The maximum atomic E-state index is 12.7. The summed E-state index contributed by atoms with van der Waals surface area (Å²) < 4.78 is 28.8. The molecule has 0 aliphatic heterocycles. The van der Waals surface area contributed by atoms with Gasteiger partial charge in [-0.2, -0.15) is 0 Å². The zero-order valence-corrected chi connectivity index (χ0v) is 16.2. The van der Waals surface area contributed by atoms with Crippen LogP contribution in [0.25, 0.3) is 0 Å². The van der Waals surface area contributed by atoms with E-state index in [2.05, 4.69) is 5.32 Å². The lowest BCUT2D eigenvalue weighted by Gasteiger charge is -2.57. The van der Waals surface area contributed by atoms with Crippen LogP contribution < -0.4 is 10.1 Å². The standard InChI is InChI=1S/C20H27NO4S/c1-13(25-17-3-5-18(6-4-17)26(2,23)24)19(22)21-20-10-14-7-15(11-20)9-16(8-14)12-20/h3-6,13-16H,7-12H2,1-2H3,(H,21,22). The first kappa shape index (κ1) is 17.8. The Hall–Kier alpha value is -1.56. The van der Waals surface area contributed by atoms with Crippen molar-refractivity contribution >= 4 is 15.7 Å². The van der Waals surface area contributed by atoms with E-state index in [4.69, 9.17) is 4.74 Å². The van der Waals surface area contributed by atoms with Crippen LogP contribution in [0, 0.1) is 17.8 Å². The molecule has 142 valence electrons. The van der Waals surface area contributed by atoms with Gasteiger partial charge in [-0.3, -0.25) is 4.79 Å². The van der Waals surface area contributed by atoms with Gasteiger partial charge in [0.1, 0.15) is 5.75 Å². The zero-order valence-electron chi connectivity index (χ0n) is 15.4. The predicted molar refractivity (Wildman–Crippen MR) is 98.7 cm³/mol. The molecule has 0 aromatic heterocycles. The van der Waals surface area contributed by atoms with E-state index in [1.165, 1.54) is 37.7 Å². The van der Waals surface area contributed by atoms with Crippen LogP contribution in [-0.2, 0) is 14.6 Å². The number of hydrogen-bond donors (Lipinski definition) is 1. The molecule has 0 radical (unpaired) electrons. The number of carbonyl (C=O) groups is 1. The zero-order chi connectivity index (χ0) is 18.5. The number of carbonyl (C=O) groups excluding carboxylic acids is 1. The number of amides is 1. The van der Waals surface area contributed by atoms with Crippen molar-refractivity contribution in [1.82, 2.24) is 5.32 Å². The van der Waals surface area contributed by atoms with Gasteiger partial charge >= 0.3 is 0 Å². The molecule has 5 rings (SSSR count). The van der Waals surface area contributed by atoms with Crippen LogP contribution in [0.4, 0.5) is 0 Å². The number of sulfone groups is 1. The lowest BCUT2D eigenvalue weighted by Crippen LogP contribution is -2.61. The molecule has 1 atom stereocenters. The van der Waals surface area contributed by atoms with E-state index in [1.54, 1.807) is 19.1 Å². The summed E-state index contributed by atoms with van der Waals surface area (Å²) in [5, 5.41) is 3.32. The Labute approximate surface area is 155 Å². The molecule has 1 unspecified atom stereocenters. The van der Waals surface area contributed by atoms with Crippen LogP contribution in [-0.4, -0.2) is 32.2 Å². The van der Waals surface area contributed by atoms with Gasteiger partial charge in [-0.05, 0) is 87.5 Å². The van der Waals surface area contributed by atoms with E-state index in [1.807, 2.05) is 0 Å². The molecule has 4 aliphatic rings. The Morgan fingerprint density at radius 1 is 1.08 bits per heavy atom. The number of ether oxygens (including phenoxy) is 1. The second kappa shape index (κ2) is 6.25. The number of rotatable bonds is 5. The number of benzene rings is 1. The Morgan fingerprint density at radius 3 is 2.04 bits per heavy atom. The Bertz CT molecular complexity index is 764. The molecule has 0 saturated heterocycles. The molecule has 6 heteroatoms. The fraction of sp³-hybridized carbons (Fsp3) is 0.650. The summed E-state index contributed by atoms with van der Waals surface area (Å²) in [7, 11) is -3.23. The SMILES string of the molecule is CC(Oc1ccc(S(C)(=O)=O)cc1)C(=O)NC12CC3CC(CC(C3)C1)C2. The van der Waals surface area contributed by atoms with Crippen molar-refractivity contribution in [2.24, 2.45) is 17.8 Å². The van der Waals surface area contributed by atoms with Gasteiger partial charge in [-0.25, -0.2) is 8.42 Å². The molecule has 1 aromatic rings. The summed E-state index contributed by atoms with van der Waals surface area (Å²) in [6.45, 7) is 1.75. The molecule has 26 heavy (non-hydrogen) atoms. The molecular formula is C20H27NO4S. The average Bonchev–Trinajstić information content (AvgIpc) is 2.52. The van der Waals surface area contributed by atoms with Gasteiger partial charge in [0.05, 0.1) is 4.90 Å². The second-order valence-corrected chi connectivity index (χ2v) is 10.7. The third-order valence-electron chi connectivity index (χ3n) is 6.36. The minimum Gasteiger partial charge on any atom is -0.481 e. The Kier molecular flexibility index (Phi) is 4.29. The fourth-order valence-corrected chi connectivity index (χ4v) is 6.28. The van der Waals surface area contributed by atoms with Gasteiger partial charge in [-0.15, -0.1) is 0 Å². The first-order chi connectivity index (χ1) is 12.2. The minimum atomic E-state index is -3.23. The number of hydrogen-bond acceptors (Lipinski definition) is 4. The van der Waals surface area contributed by atoms with E-state index >= 15 is 0 Å². The van der Waals surface area contributed by atoms with E-state index in [-0.39, 0.29) is 16.3 Å². The average molecular weight is 378 g/mol. The molecule has 4 fully saturated rings. The molecule has 5 nitrogen and oxygen atoms in total. The first-order valence-corrected chi connectivity index (χ1v) is 11.4. The fourth-order valence-electron chi connectivity index (χ4n) is 5.65. The molecule has 4 bridgehead atoms. The molecule has 1 aromatic carbocycles. The van der Waals surface area contributed by atoms with Gasteiger partial charge in [0.15, 0.2) is 15.9 Å². The highest BCUT2D eigenvalue weighted by Crippen LogP contribution is 2.55. The van der Waals surface area contributed by atoms with Crippen molar-refractivity contribution < 1.29 is 17.9 Å². The highest BCUT2D eigenvalue weighted by Gasteiger charge is 2.51. The van der Waals surface area contributed by atoms with Crippen molar-refractivity contribution in [2.45, 2.75) is 62.0 Å². The van der Waals surface area contributed by atoms with Crippen LogP contribution in [0.2, 0.25) is 0 Å². The maximum absolute atomic E-state index is 12.7. The summed E-state index contributed by atoms with van der Waals surface area (Å²) in [6, 6.07) is 6.22. The summed E-state index contributed by atoms with van der Waals surface area (Å²) >= 11 is 0. The van der Waals surface area contributed by atoms with E-state index in [0.717, 1.165) is 37.0 Å². The van der Waals surface area contributed by atoms with Crippen LogP contribution in [0.1, 0.15) is 45.4 Å². The number of nitrogens with one attached hydrogen (secondary N) is 1. The van der Waals surface area contributed by atoms with Crippen molar-refractivity contribution in [1.29, 1.82) is 0 Å². The highest BCUT2D eigenvalue weighted by atomic mass is 32.2. The van der Waals surface area contributed by atoms with Gasteiger partial charge in [0.25, 0.3) is 5.91 Å². The van der Waals surface area contributed by atoms with Crippen LogP contribution in [0.15, 0.2) is 29.2 Å². The molecular weight excluding hydrogens is 350 g/mol. The van der Waals surface area contributed by atoms with Crippen molar-refractivity contribution in [3.05, 3.63) is 24.3 Å². The Morgan fingerprint density at radius 2 is 1.58 bits per heavy atom. The molecule has 0 heterocycles. The van der Waals surface area contributed by atoms with Crippen LogP contribution in [0.5, 0.6) is 5.75 Å². The Balaban J connectivity index is 1.39. The first-order valence-electron chi connectivity index (χ1n) is 9.51. The normalized spacial score (nSPS) is 33.7. The topological polar surface area (TPSA) is 72.5 Å². The lowest BCUT2D eigenvalue weighted by atomic mass is 9.53. The van der Waals surface area contributed by atoms with E-state index in [9.17, 15) is 13.2 Å². The third kappa shape index (κ3) is 3.48. The molecule has 1 amide bonds. The molecule has 4 aliphatic carbocycles. The largest absolute Gasteiger partial charge is 0.481 e. The van der Waals surface area contributed by atoms with E-state index < -0.39 is 15.9 Å². The molecule has 4 saturated carbocycles. The van der Waals surface area contributed by atoms with E-state index in [0.29, 0.717) is 5.75 Å². The van der Waals surface area contributed by atoms with Gasteiger partial charge < -0.3 is 10.1 Å². The molecule has 1 N–H and O–H groups in total. The summed E-state index contributed by atoms with van der Waals surface area (Å²) in [6.07, 6.45) is 7.92. The van der Waals surface area contributed by atoms with Crippen molar-refractivity contribution in [2.75, 3.05) is 6.26 Å². The van der Waals surface area contributed by atoms with Crippen molar-refractivity contribution in [3.8, 4) is 5.75 Å². The second-order valence-electron chi connectivity index (χ2n) is 8.69. The highest BCUT2D eigenvalue weighted by molar-refractivity contribution is 7.90. The predicted octanol–water partition coefficient (Wildman–Crippen LogP) is 2.94. The van der Waals surface area contributed by atoms with Crippen molar-refractivity contribution in [3.63, 3.8) is 0 Å². The maximum Gasteiger partial charge on any atom is 0.261 e. The summed E-state index contributed by atoms with van der Waals surface area (Å²) in [4.78, 5) is 13.0. The minimum absolute atomic E-state index is 0.0242. The van der Waals surface area contributed by atoms with Gasteiger partial charge in [-0.1, -0.05) is 0 Å². The summed E-state index contributed by atoms with van der Waals surface area (Å²) in [5.74, 6) is 2.77. The monoisotopic (exact) mass is 377 g/mol. The smallest absolute Gasteiger partial charge is 0.261 e. The quantitative estimate of drug-likeness (QED) is 0.856. The van der Waals surface area contributed by atoms with Gasteiger partial charge in [0, 0.05) is 11.8 Å². The van der Waals surface area contributed by atoms with Crippen LogP contribution >= 0.6 is 0 Å². The lowest BCUT2D eigenvalue weighted by molar-refractivity contribution is -0.133. The third-order valence-corrected chi connectivity index (χ3v) is 7.49. The molecule has 0 spiro atoms. The summed E-state index contributed by atoms with van der Waals surface area (Å²) in [5.41, 5.74) is -0.0242. The van der Waals surface area contributed by atoms with Crippen LogP contribution in [0.3, 0.4) is 0 Å². The van der Waals surface area contributed by atoms with Gasteiger partial charge in [0.2, 0.25) is 0 Å².